The third-order valence-corrected chi connectivity index (χ3v) is 3.18. The zero-order valence-electron chi connectivity index (χ0n) is 10.5. The second-order valence-corrected chi connectivity index (χ2v) is 4.50. The highest BCUT2D eigenvalue weighted by Gasteiger charge is 2.08. The maximum absolute atomic E-state index is 5.32. The highest BCUT2D eigenvalue weighted by atomic mass is 16.5. The summed E-state index contributed by atoms with van der Waals surface area (Å²) in [5, 5.41) is 10.4. The number of nitrogens with one attached hydrogen (secondary N) is 2. The van der Waals surface area contributed by atoms with Crippen molar-refractivity contribution in [1.29, 1.82) is 0 Å². The molecule has 0 unspecified atom stereocenters. The molecular weight excluding hydrogens is 216 g/mol. The molecule has 2 heterocycles. The van der Waals surface area contributed by atoms with Crippen LogP contribution in [-0.4, -0.2) is 54.5 Å². The summed E-state index contributed by atoms with van der Waals surface area (Å²) in [6.45, 7) is 9.14. The van der Waals surface area contributed by atoms with Crippen molar-refractivity contribution in [3.63, 3.8) is 0 Å². The molecule has 2 rings (SSSR count). The molecule has 1 aromatic heterocycles. The number of ether oxygens (including phenoxy) is 1. The minimum absolute atomic E-state index is 0.891. The Balaban J connectivity index is 1.53. The summed E-state index contributed by atoms with van der Waals surface area (Å²) < 4.78 is 5.32. The fraction of sp³-hybridized carbons (Fsp3) is 0.750. The molecule has 96 valence electrons. The lowest BCUT2D eigenvalue weighted by molar-refractivity contribution is 0.0374. The molecule has 5 nitrogen and oxygen atoms in total. The second-order valence-electron chi connectivity index (χ2n) is 4.50. The highest BCUT2D eigenvalue weighted by molar-refractivity contribution is 5.13. The Morgan fingerprint density at radius 1 is 1.47 bits per heavy atom. The molecule has 0 atom stereocenters. The average molecular weight is 238 g/mol. The van der Waals surface area contributed by atoms with Crippen LogP contribution >= 0.6 is 0 Å². The predicted molar refractivity (Wildman–Crippen MR) is 66.9 cm³/mol. The van der Waals surface area contributed by atoms with Crippen LogP contribution in [0.3, 0.4) is 0 Å². The molecule has 0 aliphatic carbocycles. The summed E-state index contributed by atoms with van der Waals surface area (Å²) in [6.07, 6.45) is 3.08. The lowest BCUT2D eigenvalue weighted by Crippen LogP contribution is -2.37. The molecule has 5 heteroatoms. The lowest BCUT2D eigenvalue weighted by atomic mass is 10.2. The third-order valence-electron chi connectivity index (χ3n) is 3.18. The molecule has 0 bridgehead atoms. The Hall–Kier alpha value is -0.910. The SMILES string of the molecule is Cc1[nH]ncc1CNCCCN1CCOCC1. The minimum Gasteiger partial charge on any atom is -0.379 e. The van der Waals surface area contributed by atoms with Gasteiger partial charge in [0.2, 0.25) is 0 Å². The van der Waals surface area contributed by atoms with E-state index in [2.05, 4.69) is 27.3 Å². The molecule has 1 aliphatic heterocycles. The molecule has 0 saturated carbocycles. The van der Waals surface area contributed by atoms with Crippen molar-refractivity contribution in [3.05, 3.63) is 17.5 Å². The van der Waals surface area contributed by atoms with Gasteiger partial charge in [-0.2, -0.15) is 5.10 Å². The van der Waals surface area contributed by atoms with E-state index in [9.17, 15) is 0 Å². The number of aryl methyl sites for hydroxylation is 1. The summed E-state index contributed by atoms with van der Waals surface area (Å²) in [5.41, 5.74) is 2.42. The summed E-state index contributed by atoms with van der Waals surface area (Å²) in [5.74, 6) is 0. The van der Waals surface area contributed by atoms with E-state index in [4.69, 9.17) is 4.74 Å². The standard InChI is InChI=1S/C12H22N4O/c1-11-12(10-14-15-11)9-13-3-2-4-16-5-7-17-8-6-16/h10,13H,2-9H2,1H3,(H,14,15). The van der Waals surface area contributed by atoms with Gasteiger partial charge in [0, 0.05) is 30.9 Å². The number of nitrogens with zero attached hydrogens (tertiary/aromatic N) is 2. The van der Waals surface area contributed by atoms with E-state index >= 15 is 0 Å². The minimum atomic E-state index is 0.891. The van der Waals surface area contributed by atoms with Gasteiger partial charge >= 0.3 is 0 Å². The smallest absolute Gasteiger partial charge is 0.0594 e. The van der Waals surface area contributed by atoms with Crippen molar-refractivity contribution in [3.8, 4) is 0 Å². The van der Waals surface area contributed by atoms with E-state index < -0.39 is 0 Å². The fourth-order valence-electron chi connectivity index (χ4n) is 2.03. The first-order valence-corrected chi connectivity index (χ1v) is 6.36. The first kappa shape index (κ1) is 12.5. The molecule has 0 aromatic carbocycles. The van der Waals surface area contributed by atoms with Crippen LogP contribution in [0.1, 0.15) is 17.7 Å². The van der Waals surface area contributed by atoms with Crippen LogP contribution in [0.15, 0.2) is 6.20 Å². The van der Waals surface area contributed by atoms with Gasteiger partial charge in [0.1, 0.15) is 0 Å². The molecule has 1 aromatic rings. The zero-order chi connectivity index (χ0) is 11.9. The molecule has 1 saturated heterocycles. The molecule has 1 fully saturated rings. The van der Waals surface area contributed by atoms with Crippen LogP contribution in [0.25, 0.3) is 0 Å². The first-order chi connectivity index (χ1) is 8.36. The van der Waals surface area contributed by atoms with Crippen LogP contribution in [-0.2, 0) is 11.3 Å². The number of hydrogen-bond acceptors (Lipinski definition) is 4. The van der Waals surface area contributed by atoms with E-state index in [1.807, 2.05) is 6.20 Å². The monoisotopic (exact) mass is 238 g/mol. The molecule has 1 aliphatic rings. The summed E-state index contributed by atoms with van der Waals surface area (Å²) in [6, 6.07) is 0. The van der Waals surface area contributed by atoms with E-state index in [1.165, 1.54) is 18.5 Å². The molecule has 0 spiro atoms. The Bertz CT molecular complexity index is 320. The van der Waals surface area contributed by atoms with E-state index in [0.717, 1.165) is 45.1 Å². The van der Waals surface area contributed by atoms with Crippen molar-refractivity contribution >= 4 is 0 Å². The number of aromatic nitrogens is 2. The zero-order valence-corrected chi connectivity index (χ0v) is 10.5. The molecule has 0 amide bonds. The van der Waals surface area contributed by atoms with E-state index in [0.29, 0.717) is 0 Å². The molecule has 17 heavy (non-hydrogen) atoms. The van der Waals surface area contributed by atoms with Crippen LogP contribution < -0.4 is 5.32 Å². The Morgan fingerprint density at radius 2 is 2.29 bits per heavy atom. The summed E-state index contributed by atoms with van der Waals surface area (Å²) in [4.78, 5) is 2.47. The van der Waals surface area contributed by atoms with Crippen molar-refractivity contribution < 1.29 is 4.74 Å². The number of H-pyrrole nitrogens is 1. The van der Waals surface area contributed by atoms with Gasteiger partial charge in [-0.1, -0.05) is 0 Å². The Kier molecular flexibility index (Phi) is 4.97. The van der Waals surface area contributed by atoms with Crippen LogP contribution in [0.5, 0.6) is 0 Å². The van der Waals surface area contributed by atoms with Crippen molar-refractivity contribution in [2.24, 2.45) is 0 Å². The van der Waals surface area contributed by atoms with Crippen LogP contribution in [0, 0.1) is 6.92 Å². The van der Waals surface area contributed by atoms with Crippen molar-refractivity contribution in [2.75, 3.05) is 39.4 Å². The lowest BCUT2D eigenvalue weighted by Gasteiger charge is -2.26. The highest BCUT2D eigenvalue weighted by Crippen LogP contribution is 2.01. The van der Waals surface area contributed by atoms with Crippen molar-refractivity contribution in [1.82, 2.24) is 20.4 Å². The number of aromatic amines is 1. The van der Waals surface area contributed by atoms with Gasteiger partial charge in [0.15, 0.2) is 0 Å². The summed E-state index contributed by atoms with van der Waals surface area (Å²) in [7, 11) is 0. The first-order valence-electron chi connectivity index (χ1n) is 6.36. The average Bonchev–Trinajstić information content (AvgIpc) is 2.76. The number of morpholine rings is 1. The molecule has 0 radical (unpaired) electrons. The largest absolute Gasteiger partial charge is 0.379 e. The van der Waals surface area contributed by atoms with Crippen LogP contribution in [0.4, 0.5) is 0 Å². The van der Waals surface area contributed by atoms with Gasteiger partial charge < -0.3 is 10.1 Å². The molecular formula is C12H22N4O. The molecule has 2 N–H and O–H groups in total. The topological polar surface area (TPSA) is 53.2 Å². The van der Waals surface area contributed by atoms with Gasteiger partial charge in [0.05, 0.1) is 19.4 Å². The van der Waals surface area contributed by atoms with Crippen molar-refractivity contribution in [2.45, 2.75) is 19.9 Å². The Morgan fingerprint density at radius 3 is 3.00 bits per heavy atom. The van der Waals surface area contributed by atoms with E-state index in [1.54, 1.807) is 0 Å². The predicted octanol–water partition coefficient (Wildman–Crippen LogP) is 0.530. The fourth-order valence-corrected chi connectivity index (χ4v) is 2.03. The third kappa shape index (κ3) is 4.11. The Labute approximate surface area is 103 Å². The number of rotatable bonds is 6. The van der Waals surface area contributed by atoms with Gasteiger partial charge in [-0.15, -0.1) is 0 Å². The summed E-state index contributed by atoms with van der Waals surface area (Å²) >= 11 is 0. The van der Waals surface area contributed by atoms with Gasteiger partial charge in [-0.25, -0.2) is 0 Å². The van der Waals surface area contributed by atoms with Crippen LogP contribution in [0.2, 0.25) is 0 Å². The maximum Gasteiger partial charge on any atom is 0.0594 e. The maximum atomic E-state index is 5.32. The second kappa shape index (κ2) is 6.74. The van der Waals surface area contributed by atoms with E-state index in [-0.39, 0.29) is 0 Å². The van der Waals surface area contributed by atoms with Gasteiger partial charge in [0.25, 0.3) is 0 Å². The van der Waals surface area contributed by atoms with Gasteiger partial charge in [-0.3, -0.25) is 10.00 Å². The normalized spacial score (nSPS) is 17.5. The quantitative estimate of drug-likeness (QED) is 0.710. The van der Waals surface area contributed by atoms with Gasteiger partial charge in [-0.05, 0) is 26.4 Å². The number of hydrogen-bond donors (Lipinski definition) is 2.